The van der Waals surface area contributed by atoms with Crippen LogP contribution in [0.2, 0.25) is 0 Å². The number of halogens is 1. The van der Waals surface area contributed by atoms with E-state index < -0.39 is 6.10 Å². The maximum atomic E-state index is 13.1. The van der Waals surface area contributed by atoms with Gasteiger partial charge >= 0.3 is 0 Å². The van der Waals surface area contributed by atoms with Gasteiger partial charge in [0.25, 0.3) is 0 Å². The Morgan fingerprint density at radius 2 is 1.78 bits per heavy atom. The van der Waals surface area contributed by atoms with Crippen molar-refractivity contribution >= 4 is 0 Å². The van der Waals surface area contributed by atoms with Crippen LogP contribution in [0.3, 0.4) is 0 Å². The fourth-order valence-electron chi connectivity index (χ4n) is 1.90. The average Bonchev–Trinajstić information content (AvgIpc) is 2.39. The van der Waals surface area contributed by atoms with Gasteiger partial charge in [-0.05, 0) is 41.8 Å². The van der Waals surface area contributed by atoms with E-state index in [9.17, 15) is 9.50 Å². The Kier molecular flexibility index (Phi) is 4.07. The second-order valence-corrected chi connectivity index (χ2v) is 4.24. The Morgan fingerprint density at radius 3 is 2.39 bits per heavy atom. The molecule has 0 radical (unpaired) electrons. The molecular formula is C15H16FNO. The molecule has 3 heteroatoms. The number of hydrogen-bond acceptors (Lipinski definition) is 2. The summed E-state index contributed by atoms with van der Waals surface area (Å²) in [6.07, 6.45) is 0.0173. The van der Waals surface area contributed by atoms with E-state index in [0.29, 0.717) is 12.1 Å². The van der Waals surface area contributed by atoms with E-state index in [-0.39, 0.29) is 5.82 Å². The summed E-state index contributed by atoms with van der Waals surface area (Å²) in [6, 6.07) is 13.6. The molecule has 2 aromatic rings. The monoisotopic (exact) mass is 245 g/mol. The van der Waals surface area contributed by atoms with Gasteiger partial charge in [-0.3, -0.25) is 0 Å². The summed E-state index contributed by atoms with van der Waals surface area (Å²) in [5.41, 5.74) is 7.92. The number of benzene rings is 2. The second kappa shape index (κ2) is 5.76. The first-order valence-electron chi connectivity index (χ1n) is 5.93. The van der Waals surface area contributed by atoms with E-state index in [4.69, 9.17) is 5.73 Å². The van der Waals surface area contributed by atoms with Crippen LogP contribution >= 0.6 is 0 Å². The van der Waals surface area contributed by atoms with E-state index in [1.54, 1.807) is 12.1 Å². The summed E-state index contributed by atoms with van der Waals surface area (Å²) >= 11 is 0. The van der Waals surface area contributed by atoms with Crippen LogP contribution in [0.4, 0.5) is 4.39 Å². The van der Waals surface area contributed by atoms with Crippen molar-refractivity contribution in [2.24, 2.45) is 5.73 Å². The first-order valence-corrected chi connectivity index (χ1v) is 5.93. The molecule has 0 saturated heterocycles. The number of rotatable bonds is 4. The molecule has 0 spiro atoms. The van der Waals surface area contributed by atoms with Crippen LogP contribution in [0.15, 0.2) is 48.5 Å². The third-order valence-electron chi connectivity index (χ3n) is 2.89. The maximum absolute atomic E-state index is 13.1. The molecule has 0 aliphatic rings. The van der Waals surface area contributed by atoms with Crippen molar-refractivity contribution in [2.75, 3.05) is 6.54 Å². The van der Waals surface area contributed by atoms with E-state index in [0.717, 1.165) is 17.5 Å². The first kappa shape index (κ1) is 12.7. The second-order valence-electron chi connectivity index (χ2n) is 4.24. The van der Waals surface area contributed by atoms with Crippen molar-refractivity contribution in [1.29, 1.82) is 0 Å². The lowest BCUT2D eigenvalue weighted by Gasteiger charge is -2.12. The van der Waals surface area contributed by atoms with Gasteiger partial charge in [0.1, 0.15) is 11.9 Å². The molecule has 1 unspecified atom stereocenters. The molecule has 1 atom stereocenters. The van der Waals surface area contributed by atoms with Crippen molar-refractivity contribution in [3.63, 3.8) is 0 Å². The molecule has 0 amide bonds. The zero-order chi connectivity index (χ0) is 13.0. The normalized spacial score (nSPS) is 12.4. The smallest absolute Gasteiger partial charge is 0.123 e. The molecule has 0 aromatic heterocycles. The molecule has 3 N–H and O–H groups in total. The Morgan fingerprint density at radius 1 is 1.06 bits per heavy atom. The van der Waals surface area contributed by atoms with Gasteiger partial charge in [0.05, 0.1) is 0 Å². The summed E-state index contributed by atoms with van der Waals surface area (Å²) in [5, 5.41) is 10.1. The van der Waals surface area contributed by atoms with Gasteiger partial charge in [-0.25, -0.2) is 4.39 Å². The molecule has 0 heterocycles. The number of aliphatic hydroxyl groups excluding tert-OH is 1. The van der Waals surface area contributed by atoms with Crippen molar-refractivity contribution in [1.82, 2.24) is 0 Å². The zero-order valence-electron chi connectivity index (χ0n) is 10.0. The fraction of sp³-hybridized carbons (Fsp3) is 0.200. The maximum Gasteiger partial charge on any atom is 0.123 e. The minimum atomic E-state index is -0.798. The third kappa shape index (κ3) is 2.94. The number of aliphatic hydroxyl groups is 1. The highest BCUT2D eigenvalue weighted by atomic mass is 19.1. The topological polar surface area (TPSA) is 46.2 Å². The van der Waals surface area contributed by atoms with Crippen LogP contribution in [0, 0.1) is 5.82 Å². The van der Waals surface area contributed by atoms with Crippen LogP contribution in [0.5, 0.6) is 0 Å². The quantitative estimate of drug-likeness (QED) is 0.869. The van der Waals surface area contributed by atoms with Crippen LogP contribution in [-0.2, 0) is 6.42 Å². The summed E-state index contributed by atoms with van der Waals surface area (Å²) < 4.78 is 13.1. The molecule has 18 heavy (non-hydrogen) atoms. The van der Waals surface area contributed by atoms with Crippen LogP contribution in [0.1, 0.15) is 22.8 Å². The van der Waals surface area contributed by atoms with Crippen molar-refractivity contribution in [2.45, 2.75) is 12.5 Å². The van der Waals surface area contributed by atoms with Gasteiger partial charge < -0.3 is 10.8 Å². The summed E-state index contributed by atoms with van der Waals surface area (Å²) in [4.78, 5) is 0. The Labute approximate surface area is 106 Å². The highest BCUT2D eigenvalue weighted by Gasteiger charge is 2.10. The van der Waals surface area contributed by atoms with Gasteiger partial charge in [-0.2, -0.15) is 0 Å². The highest BCUT2D eigenvalue weighted by molar-refractivity contribution is 5.32. The molecule has 94 valence electrons. The molecule has 0 bridgehead atoms. The Hall–Kier alpha value is -1.71. The van der Waals surface area contributed by atoms with Gasteiger partial charge in [0, 0.05) is 0 Å². The Balaban J connectivity index is 2.20. The van der Waals surface area contributed by atoms with Crippen LogP contribution in [-0.4, -0.2) is 11.7 Å². The molecule has 2 rings (SSSR count). The molecule has 0 aliphatic heterocycles. The van der Waals surface area contributed by atoms with E-state index in [1.807, 2.05) is 24.3 Å². The first-order chi connectivity index (χ1) is 8.70. The number of hydrogen-bond donors (Lipinski definition) is 2. The molecular weight excluding hydrogens is 229 g/mol. The lowest BCUT2D eigenvalue weighted by molar-refractivity contribution is 0.220. The minimum absolute atomic E-state index is 0.341. The zero-order valence-corrected chi connectivity index (χ0v) is 10.0. The van der Waals surface area contributed by atoms with E-state index in [2.05, 4.69) is 0 Å². The summed E-state index contributed by atoms with van der Waals surface area (Å²) in [7, 11) is 0. The van der Waals surface area contributed by atoms with Gasteiger partial charge in [-0.1, -0.05) is 36.4 Å². The predicted molar refractivity (Wildman–Crippen MR) is 69.7 cm³/mol. The average molecular weight is 245 g/mol. The number of nitrogens with two attached hydrogens (primary N) is 1. The molecule has 0 saturated carbocycles. The third-order valence-corrected chi connectivity index (χ3v) is 2.89. The molecule has 2 aromatic carbocycles. The Bertz CT molecular complexity index is 510. The van der Waals surface area contributed by atoms with Crippen molar-refractivity contribution < 1.29 is 9.50 Å². The fourth-order valence-corrected chi connectivity index (χ4v) is 1.90. The van der Waals surface area contributed by atoms with Crippen molar-refractivity contribution in [3.05, 3.63) is 71.0 Å². The lowest BCUT2D eigenvalue weighted by Crippen LogP contribution is -2.04. The van der Waals surface area contributed by atoms with Gasteiger partial charge in [-0.15, -0.1) is 0 Å². The predicted octanol–water partition coefficient (Wildman–Crippen LogP) is 2.41. The van der Waals surface area contributed by atoms with E-state index in [1.165, 1.54) is 12.1 Å². The van der Waals surface area contributed by atoms with Crippen LogP contribution < -0.4 is 5.73 Å². The van der Waals surface area contributed by atoms with Crippen molar-refractivity contribution in [3.8, 4) is 0 Å². The minimum Gasteiger partial charge on any atom is -0.384 e. The highest BCUT2D eigenvalue weighted by Crippen LogP contribution is 2.22. The molecule has 2 nitrogen and oxygen atoms in total. The lowest BCUT2D eigenvalue weighted by atomic mass is 10.00. The van der Waals surface area contributed by atoms with Gasteiger partial charge in [0.15, 0.2) is 0 Å². The summed E-state index contributed by atoms with van der Waals surface area (Å²) in [6.45, 7) is 0.603. The standard InChI is InChI=1S/C15H16FNO/c16-14-3-1-2-13(10-14)15(18)12-6-4-11(5-7-12)8-9-17/h1-7,10,15,18H,8-9,17H2. The SMILES string of the molecule is NCCc1ccc(C(O)c2cccc(F)c2)cc1. The molecule has 0 aliphatic carbocycles. The largest absolute Gasteiger partial charge is 0.384 e. The van der Waals surface area contributed by atoms with E-state index >= 15 is 0 Å². The van der Waals surface area contributed by atoms with Gasteiger partial charge in [0.2, 0.25) is 0 Å². The van der Waals surface area contributed by atoms with Crippen LogP contribution in [0.25, 0.3) is 0 Å². The summed E-state index contributed by atoms with van der Waals surface area (Å²) in [5.74, 6) is -0.341. The molecule has 0 fully saturated rings.